The van der Waals surface area contributed by atoms with E-state index in [1.54, 1.807) is 24.3 Å². The highest BCUT2D eigenvalue weighted by Crippen LogP contribution is 2.31. The quantitative estimate of drug-likeness (QED) is 0.653. The second-order valence-corrected chi connectivity index (χ2v) is 5.62. The van der Waals surface area contributed by atoms with Gasteiger partial charge in [0.1, 0.15) is 0 Å². The van der Waals surface area contributed by atoms with Crippen molar-refractivity contribution in [1.82, 2.24) is 4.98 Å². The first-order valence-corrected chi connectivity index (χ1v) is 7.66. The normalized spacial score (nSPS) is 11.0. The minimum Gasteiger partial charge on any atom is -0.479 e. The molecule has 2 N–H and O–H groups in total. The fourth-order valence-electron chi connectivity index (χ4n) is 2.06. The lowest BCUT2D eigenvalue weighted by molar-refractivity contribution is 0.0698. The van der Waals surface area contributed by atoms with Gasteiger partial charge in [-0.2, -0.15) is 0 Å². The van der Waals surface area contributed by atoms with Crippen molar-refractivity contribution < 1.29 is 19.4 Å². The van der Waals surface area contributed by atoms with E-state index in [9.17, 15) is 9.90 Å². The Kier molecular flexibility index (Phi) is 4.43. The van der Waals surface area contributed by atoms with Crippen LogP contribution in [0, 0.1) is 0 Å². The van der Waals surface area contributed by atoms with Gasteiger partial charge in [0.2, 0.25) is 5.89 Å². The van der Waals surface area contributed by atoms with Crippen LogP contribution in [-0.4, -0.2) is 27.4 Å². The summed E-state index contributed by atoms with van der Waals surface area (Å²) in [6.45, 7) is 0. The van der Waals surface area contributed by atoms with E-state index in [2.05, 4.69) is 25.9 Å². The van der Waals surface area contributed by atoms with Crippen molar-refractivity contribution in [2.75, 3.05) is 0 Å². The molecule has 0 aliphatic carbocycles. The summed E-state index contributed by atoms with van der Waals surface area (Å²) in [5.41, 5.74) is 1.11. The molecule has 0 spiro atoms. The first-order valence-electron chi connectivity index (χ1n) is 6.87. The molecule has 2 aromatic carbocycles. The number of carboxylic acids is 1. The Morgan fingerprint density at radius 2 is 1.88 bits per heavy atom. The van der Waals surface area contributed by atoms with Crippen molar-refractivity contribution in [2.45, 2.75) is 0 Å². The summed E-state index contributed by atoms with van der Waals surface area (Å²) in [4.78, 5) is 19.4. The maximum atomic E-state index is 11.2. The average Bonchev–Trinajstić information content (AvgIpc) is 2.94. The molecular weight excluding hydrogens is 376 g/mol. The number of aromatic carboxylic acids is 1. The van der Waals surface area contributed by atoms with Gasteiger partial charge >= 0.3 is 11.9 Å². The SMILES string of the molecule is O=C(O)c1ccccc1N=Cc1nc(-c2ccccc2Br)oc1O. The molecule has 3 rings (SSSR count). The van der Waals surface area contributed by atoms with Gasteiger partial charge in [0, 0.05) is 4.47 Å². The van der Waals surface area contributed by atoms with Gasteiger partial charge in [0.15, 0.2) is 5.69 Å². The highest BCUT2D eigenvalue weighted by atomic mass is 79.9. The van der Waals surface area contributed by atoms with Crippen LogP contribution >= 0.6 is 15.9 Å². The summed E-state index contributed by atoms with van der Waals surface area (Å²) in [5, 5.41) is 19.0. The summed E-state index contributed by atoms with van der Waals surface area (Å²) >= 11 is 3.39. The monoisotopic (exact) mass is 386 g/mol. The lowest BCUT2D eigenvalue weighted by Gasteiger charge is -1.98. The highest BCUT2D eigenvalue weighted by molar-refractivity contribution is 9.10. The summed E-state index contributed by atoms with van der Waals surface area (Å²) in [6.07, 6.45) is 1.26. The third kappa shape index (κ3) is 3.21. The number of rotatable bonds is 4. The molecule has 0 radical (unpaired) electrons. The first-order chi connectivity index (χ1) is 11.6. The van der Waals surface area contributed by atoms with Crippen molar-refractivity contribution in [3.05, 3.63) is 64.3 Å². The van der Waals surface area contributed by atoms with Gasteiger partial charge in [-0.15, -0.1) is 0 Å². The van der Waals surface area contributed by atoms with Crippen molar-refractivity contribution in [2.24, 2.45) is 4.99 Å². The third-order valence-corrected chi connectivity index (χ3v) is 3.89. The number of aromatic nitrogens is 1. The minimum absolute atomic E-state index is 0.0581. The number of carbonyl (C=O) groups is 1. The minimum atomic E-state index is -1.08. The molecule has 1 heterocycles. The Morgan fingerprint density at radius 1 is 1.17 bits per heavy atom. The second kappa shape index (κ2) is 6.67. The van der Waals surface area contributed by atoms with Crippen LogP contribution in [0.15, 0.2) is 62.4 Å². The van der Waals surface area contributed by atoms with Crippen LogP contribution in [0.25, 0.3) is 11.5 Å². The largest absolute Gasteiger partial charge is 0.479 e. The molecule has 0 unspecified atom stereocenters. The number of nitrogens with zero attached hydrogens (tertiary/aromatic N) is 2. The second-order valence-electron chi connectivity index (χ2n) is 4.77. The summed E-state index contributed by atoms with van der Waals surface area (Å²) in [6, 6.07) is 13.6. The van der Waals surface area contributed by atoms with Crippen LogP contribution in [-0.2, 0) is 0 Å². The lowest BCUT2D eigenvalue weighted by atomic mass is 10.2. The van der Waals surface area contributed by atoms with Gasteiger partial charge in [-0.25, -0.2) is 9.78 Å². The average molecular weight is 387 g/mol. The molecule has 0 aliphatic rings. The summed E-state index contributed by atoms with van der Waals surface area (Å²) < 4.78 is 6.02. The Bertz CT molecular complexity index is 934. The van der Waals surface area contributed by atoms with Crippen LogP contribution in [0.2, 0.25) is 0 Å². The number of para-hydroxylation sites is 1. The number of hydrogen-bond donors (Lipinski definition) is 2. The Labute approximate surface area is 145 Å². The van der Waals surface area contributed by atoms with Crippen LogP contribution in [0.1, 0.15) is 16.1 Å². The maximum Gasteiger partial charge on any atom is 0.337 e. The van der Waals surface area contributed by atoms with Gasteiger partial charge in [-0.05, 0) is 40.2 Å². The van der Waals surface area contributed by atoms with E-state index >= 15 is 0 Å². The molecule has 0 amide bonds. The van der Waals surface area contributed by atoms with Crippen LogP contribution < -0.4 is 0 Å². The third-order valence-electron chi connectivity index (χ3n) is 3.20. The summed E-state index contributed by atoms with van der Waals surface area (Å²) in [5.74, 6) is -1.24. The predicted octanol–water partition coefficient (Wildman–Crippen LogP) is 4.26. The number of aromatic hydroxyl groups is 1. The smallest absolute Gasteiger partial charge is 0.337 e. The fraction of sp³-hybridized carbons (Fsp3) is 0. The number of benzene rings is 2. The topological polar surface area (TPSA) is 95.9 Å². The van der Waals surface area contributed by atoms with Crippen LogP contribution in [0.4, 0.5) is 5.69 Å². The molecule has 1 aromatic heterocycles. The first kappa shape index (κ1) is 15.9. The van der Waals surface area contributed by atoms with Gasteiger partial charge in [0.25, 0.3) is 0 Å². The van der Waals surface area contributed by atoms with E-state index in [-0.39, 0.29) is 22.8 Å². The van der Waals surface area contributed by atoms with E-state index in [0.29, 0.717) is 5.56 Å². The van der Waals surface area contributed by atoms with Crippen molar-refractivity contribution in [3.8, 4) is 17.4 Å². The zero-order chi connectivity index (χ0) is 17.1. The van der Waals surface area contributed by atoms with Gasteiger partial charge in [-0.1, -0.05) is 24.3 Å². The van der Waals surface area contributed by atoms with E-state index in [0.717, 1.165) is 4.47 Å². The van der Waals surface area contributed by atoms with Crippen molar-refractivity contribution >= 4 is 33.8 Å². The molecular formula is C17H11BrN2O4. The van der Waals surface area contributed by atoms with Crippen LogP contribution in [0.5, 0.6) is 5.95 Å². The van der Waals surface area contributed by atoms with E-state index in [4.69, 9.17) is 9.52 Å². The number of hydrogen-bond acceptors (Lipinski definition) is 5. The predicted molar refractivity (Wildman–Crippen MR) is 92.0 cm³/mol. The molecule has 0 fully saturated rings. The van der Waals surface area contributed by atoms with E-state index in [1.807, 2.05) is 18.2 Å². The number of aliphatic imine (C=N–C) groups is 1. The van der Waals surface area contributed by atoms with E-state index in [1.165, 1.54) is 12.3 Å². The molecule has 0 saturated carbocycles. The lowest BCUT2D eigenvalue weighted by Crippen LogP contribution is -1.96. The molecule has 24 heavy (non-hydrogen) atoms. The summed E-state index contributed by atoms with van der Waals surface area (Å²) in [7, 11) is 0. The molecule has 0 aliphatic heterocycles. The number of carboxylic acid groups (broad SMARTS) is 1. The molecule has 3 aromatic rings. The molecule has 120 valence electrons. The van der Waals surface area contributed by atoms with E-state index < -0.39 is 11.9 Å². The number of halogens is 1. The molecule has 0 atom stereocenters. The maximum absolute atomic E-state index is 11.2. The number of oxazole rings is 1. The molecule has 0 bridgehead atoms. The fourth-order valence-corrected chi connectivity index (χ4v) is 2.51. The zero-order valence-electron chi connectivity index (χ0n) is 12.2. The Morgan fingerprint density at radius 3 is 2.62 bits per heavy atom. The Hall–Kier alpha value is -2.93. The zero-order valence-corrected chi connectivity index (χ0v) is 13.8. The Balaban J connectivity index is 1.95. The van der Waals surface area contributed by atoms with Crippen molar-refractivity contribution in [1.29, 1.82) is 0 Å². The molecule has 0 saturated heterocycles. The molecule has 6 nitrogen and oxygen atoms in total. The van der Waals surface area contributed by atoms with Gasteiger partial charge in [0.05, 0.1) is 23.0 Å². The highest BCUT2D eigenvalue weighted by Gasteiger charge is 2.15. The van der Waals surface area contributed by atoms with Gasteiger partial charge in [-0.3, -0.25) is 4.99 Å². The van der Waals surface area contributed by atoms with Crippen molar-refractivity contribution in [3.63, 3.8) is 0 Å². The van der Waals surface area contributed by atoms with Gasteiger partial charge < -0.3 is 14.6 Å². The van der Waals surface area contributed by atoms with Crippen LogP contribution in [0.3, 0.4) is 0 Å². The standard InChI is InChI=1S/C17H11BrN2O4/c18-12-7-3-1-5-10(12)15-20-14(17(23)24-15)9-19-13-8-4-2-6-11(13)16(21)22/h1-9,23H,(H,21,22). The molecule has 7 heteroatoms.